The summed E-state index contributed by atoms with van der Waals surface area (Å²) in [5.74, 6) is 0.883. The molecule has 0 spiro atoms. The zero-order valence-electron chi connectivity index (χ0n) is 14.6. The Labute approximate surface area is 135 Å². The van der Waals surface area contributed by atoms with Gasteiger partial charge in [0.1, 0.15) is 5.78 Å². The lowest BCUT2D eigenvalue weighted by atomic mass is 9.55. The van der Waals surface area contributed by atoms with Crippen molar-refractivity contribution in [1.82, 2.24) is 0 Å². The predicted octanol–water partition coefficient (Wildman–Crippen LogP) is 5.90. The van der Waals surface area contributed by atoms with Crippen LogP contribution in [0.5, 0.6) is 0 Å². The topological polar surface area (TPSA) is 17.1 Å². The largest absolute Gasteiger partial charge is 0.300 e. The van der Waals surface area contributed by atoms with Gasteiger partial charge in [-0.25, -0.2) is 0 Å². The van der Waals surface area contributed by atoms with Crippen LogP contribution in [-0.4, -0.2) is 5.78 Å². The minimum absolute atomic E-state index is 0.188. The summed E-state index contributed by atoms with van der Waals surface area (Å²) < 4.78 is 0. The Bertz CT molecular complexity index is 526. The van der Waals surface area contributed by atoms with E-state index in [2.05, 4.69) is 63.3 Å². The van der Waals surface area contributed by atoms with Crippen LogP contribution in [0.15, 0.2) is 36.4 Å². The highest BCUT2D eigenvalue weighted by Crippen LogP contribution is 2.53. The van der Waals surface area contributed by atoms with Crippen LogP contribution in [0.4, 0.5) is 0 Å². The van der Waals surface area contributed by atoms with Gasteiger partial charge < -0.3 is 4.79 Å². The van der Waals surface area contributed by atoms with Crippen LogP contribution in [0.3, 0.4) is 0 Å². The first-order valence-electron chi connectivity index (χ1n) is 8.57. The molecule has 1 aliphatic rings. The van der Waals surface area contributed by atoms with Crippen molar-refractivity contribution >= 4 is 11.9 Å². The summed E-state index contributed by atoms with van der Waals surface area (Å²) in [4.78, 5) is 11.5. The van der Waals surface area contributed by atoms with Gasteiger partial charge in [-0.15, -0.1) is 0 Å². The van der Waals surface area contributed by atoms with Crippen molar-refractivity contribution in [1.29, 1.82) is 0 Å². The molecule has 2 atom stereocenters. The number of hydrogen-bond acceptors (Lipinski definition) is 1. The molecule has 2 rings (SSSR count). The van der Waals surface area contributed by atoms with Crippen molar-refractivity contribution in [3.8, 4) is 0 Å². The van der Waals surface area contributed by atoms with Crippen LogP contribution in [0.1, 0.15) is 65.4 Å². The van der Waals surface area contributed by atoms with E-state index in [1.165, 1.54) is 24.8 Å². The fourth-order valence-electron chi connectivity index (χ4n) is 4.28. The second-order valence-electron chi connectivity index (χ2n) is 7.89. The van der Waals surface area contributed by atoms with Crippen molar-refractivity contribution < 1.29 is 4.79 Å². The molecule has 22 heavy (non-hydrogen) atoms. The Morgan fingerprint density at radius 3 is 2.50 bits per heavy atom. The van der Waals surface area contributed by atoms with Gasteiger partial charge in [0.2, 0.25) is 0 Å². The van der Waals surface area contributed by atoms with E-state index in [0.29, 0.717) is 23.5 Å². The van der Waals surface area contributed by atoms with Gasteiger partial charge in [-0.1, -0.05) is 69.7 Å². The molecule has 1 saturated carbocycles. The Hall–Kier alpha value is -1.37. The molecule has 1 aliphatic carbocycles. The molecular formula is C21H30O. The SMILES string of the molecule is CC(=O)CC[C@H]1C(C)(C)CCC[C@]1(C)/C=C/c1ccccc1. The third-order valence-corrected chi connectivity index (χ3v) is 5.52. The molecule has 1 fully saturated rings. The molecule has 1 aromatic rings. The number of hydrogen-bond donors (Lipinski definition) is 0. The Morgan fingerprint density at radius 1 is 1.18 bits per heavy atom. The summed E-state index contributed by atoms with van der Waals surface area (Å²) in [5, 5.41) is 0. The first-order valence-corrected chi connectivity index (χ1v) is 8.57. The van der Waals surface area contributed by atoms with Gasteiger partial charge in [-0.05, 0) is 48.5 Å². The van der Waals surface area contributed by atoms with Gasteiger partial charge in [0.25, 0.3) is 0 Å². The molecule has 1 heteroatoms. The molecule has 0 aromatic heterocycles. The first kappa shape index (κ1) is 17.0. The summed E-state index contributed by atoms with van der Waals surface area (Å²) in [5.41, 5.74) is 1.76. The molecule has 0 bridgehead atoms. The summed E-state index contributed by atoms with van der Waals surface area (Å²) in [6.45, 7) is 8.86. The zero-order chi connectivity index (χ0) is 16.2. The van der Waals surface area contributed by atoms with E-state index >= 15 is 0 Å². The fraction of sp³-hybridized carbons (Fsp3) is 0.571. The van der Waals surface area contributed by atoms with Crippen molar-refractivity contribution in [2.24, 2.45) is 16.7 Å². The number of allylic oxidation sites excluding steroid dienone is 1. The van der Waals surface area contributed by atoms with E-state index in [9.17, 15) is 4.79 Å². The predicted molar refractivity (Wildman–Crippen MR) is 94.6 cm³/mol. The maximum Gasteiger partial charge on any atom is 0.129 e. The molecule has 0 saturated heterocycles. The van der Waals surface area contributed by atoms with Gasteiger partial charge in [-0.3, -0.25) is 0 Å². The summed E-state index contributed by atoms with van der Waals surface area (Å²) in [7, 11) is 0. The average molecular weight is 298 g/mol. The van der Waals surface area contributed by atoms with Gasteiger partial charge in [0.15, 0.2) is 0 Å². The highest BCUT2D eigenvalue weighted by molar-refractivity contribution is 5.75. The van der Waals surface area contributed by atoms with Gasteiger partial charge in [-0.2, -0.15) is 0 Å². The molecule has 0 aliphatic heterocycles. The smallest absolute Gasteiger partial charge is 0.129 e. The van der Waals surface area contributed by atoms with Crippen molar-refractivity contribution in [3.63, 3.8) is 0 Å². The Balaban J connectivity index is 2.22. The summed E-state index contributed by atoms with van der Waals surface area (Å²) in [6, 6.07) is 10.5. The second kappa shape index (κ2) is 6.81. The van der Waals surface area contributed by atoms with Crippen LogP contribution in [0.25, 0.3) is 6.08 Å². The lowest BCUT2D eigenvalue weighted by molar-refractivity contribution is -0.117. The molecule has 1 nitrogen and oxygen atoms in total. The van der Waals surface area contributed by atoms with E-state index in [1.54, 1.807) is 6.92 Å². The van der Waals surface area contributed by atoms with Gasteiger partial charge in [0.05, 0.1) is 0 Å². The third-order valence-electron chi connectivity index (χ3n) is 5.52. The lowest BCUT2D eigenvalue weighted by Gasteiger charge is -2.50. The quantitative estimate of drug-likeness (QED) is 0.661. The maximum atomic E-state index is 11.5. The number of ketones is 1. The molecule has 0 amide bonds. The average Bonchev–Trinajstić information content (AvgIpc) is 2.45. The van der Waals surface area contributed by atoms with E-state index in [0.717, 1.165) is 6.42 Å². The first-order chi connectivity index (χ1) is 10.3. The van der Waals surface area contributed by atoms with E-state index < -0.39 is 0 Å². The van der Waals surface area contributed by atoms with Crippen LogP contribution in [0.2, 0.25) is 0 Å². The molecule has 0 radical (unpaired) electrons. The molecule has 0 heterocycles. The number of Topliss-reactive ketones (excluding diaryl/α,β-unsaturated/α-hetero) is 1. The fourth-order valence-corrected chi connectivity index (χ4v) is 4.28. The minimum atomic E-state index is 0.188. The van der Waals surface area contributed by atoms with Crippen molar-refractivity contribution in [2.75, 3.05) is 0 Å². The normalized spacial score (nSPS) is 27.9. The molecular weight excluding hydrogens is 268 g/mol. The van der Waals surface area contributed by atoms with Crippen LogP contribution < -0.4 is 0 Å². The highest BCUT2D eigenvalue weighted by Gasteiger charge is 2.44. The summed E-state index contributed by atoms with van der Waals surface area (Å²) in [6.07, 6.45) is 10.2. The minimum Gasteiger partial charge on any atom is -0.300 e. The van der Waals surface area contributed by atoms with Crippen molar-refractivity contribution in [2.45, 2.75) is 59.8 Å². The van der Waals surface area contributed by atoms with Gasteiger partial charge in [0, 0.05) is 6.42 Å². The molecule has 120 valence electrons. The van der Waals surface area contributed by atoms with E-state index in [-0.39, 0.29) is 5.41 Å². The Morgan fingerprint density at radius 2 is 1.86 bits per heavy atom. The van der Waals surface area contributed by atoms with Crippen molar-refractivity contribution in [3.05, 3.63) is 42.0 Å². The van der Waals surface area contributed by atoms with Crippen LogP contribution in [-0.2, 0) is 4.79 Å². The van der Waals surface area contributed by atoms with E-state index in [1.807, 2.05) is 0 Å². The number of carbonyl (C=O) groups is 1. The standard InChI is InChI=1S/C21H30O/c1-17(22)11-12-19-20(2,3)14-8-15-21(19,4)16-13-18-9-6-5-7-10-18/h5-7,9-10,13,16,19H,8,11-12,14-15H2,1-4H3/b16-13+/t19-,21+/m0/s1. The lowest BCUT2D eigenvalue weighted by Crippen LogP contribution is -2.41. The second-order valence-corrected chi connectivity index (χ2v) is 7.89. The van der Waals surface area contributed by atoms with Crippen LogP contribution >= 0.6 is 0 Å². The third kappa shape index (κ3) is 4.09. The maximum absolute atomic E-state index is 11.5. The number of benzene rings is 1. The zero-order valence-corrected chi connectivity index (χ0v) is 14.6. The molecule has 0 unspecified atom stereocenters. The molecule has 1 aromatic carbocycles. The highest BCUT2D eigenvalue weighted by atomic mass is 16.1. The number of rotatable bonds is 5. The van der Waals surface area contributed by atoms with Crippen LogP contribution in [0, 0.1) is 16.7 Å². The monoisotopic (exact) mass is 298 g/mol. The van der Waals surface area contributed by atoms with Gasteiger partial charge >= 0.3 is 0 Å². The molecule has 0 N–H and O–H groups in total. The number of carbonyl (C=O) groups excluding carboxylic acids is 1. The Kier molecular flexibility index (Phi) is 5.26. The summed E-state index contributed by atoms with van der Waals surface area (Å²) >= 11 is 0. The van der Waals surface area contributed by atoms with E-state index in [4.69, 9.17) is 0 Å².